The lowest BCUT2D eigenvalue weighted by molar-refractivity contribution is -0.143. The van der Waals surface area contributed by atoms with Gasteiger partial charge in [-0.2, -0.15) is 0 Å². The summed E-state index contributed by atoms with van der Waals surface area (Å²) in [6.07, 6.45) is 3.39. The molecule has 0 aliphatic carbocycles. The van der Waals surface area contributed by atoms with Gasteiger partial charge in [-0.3, -0.25) is 25.2 Å². The summed E-state index contributed by atoms with van der Waals surface area (Å²) in [6.45, 7) is 2.25. The van der Waals surface area contributed by atoms with E-state index in [1.807, 2.05) is 37.3 Å². The molecule has 8 heteroatoms. The van der Waals surface area contributed by atoms with E-state index < -0.39 is 0 Å². The molecule has 0 saturated carbocycles. The highest BCUT2D eigenvalue weighted by molar-refractivity contribution is 7.80. The summed E-state index contributed by atoms with van der Waals surface area (Å²) in [5, 5.41) is 2.46. The molecule has 1 aromatic carbocycles. The number of nitrogens with one attached hydrogen (secondary N) is 3. The van der Waals surface area contributed by atoms with Crippen molar-refractivity contribution in [2.24, 2.45) is 0 Å². The van der Waals surface area contributed by atoms with Crippen LogP contribution in [-0.4, -0.2) is 29.5 Å². The molecule has 0 heterocycles. The van der Waals surface area contributed by atoms with Gasteiger partial charge in [0, 0.05) is 19.3 Å². The minimum atomic E-state index is -0.325. The van der Waals surface area contributed by atoms with Gasteiger partial charge in [0.15, 0.2) is 5.11 Å². The van der Waals surface area contributed by atoms with Gasteiger partial charge in [0.1, 0.15) is 0 Å². The molecule has 7 nitrogen and oxygen atoms in total. The van der Waals surface area contributed by atoms with Crippen LogP contribution in [0, 0.1) is 0 Å². The van der Waals surface area contributed by atoms with Gasteiger partial charge in [0.05, 0.1) is 6.61 Å². The first-order valence-corrected chi connectivity index (χ1v) is 9.50. The minimum Gasteiger partial charge on any atom is -0.466 e. The predicted octanol–water partition coefficient (Wildman–Crippen LogP) is 2.15. The average Bonchev–Trinajstić information content (AvgIpc) is 2.65. The average molecular weight is 394 g/mol. The van der Waals surface area contributed by atoms with Crippen LogP contribution in [0.15, 0.2) is 30.3 Å². The SMILES string of the molecule is CCCC(=O)NNC(=S)NC(=O)CCCC(=O)OCCCc1ccccc1. The summed E-state index contributed by atoms with van der Waals surface area (Å²) in [5.74, 6) is -0.846. The Morgan fingerprint density at radius 3 is 2.41 bits per heavy atom. The monoisotopic (exact) mass is 393 g/mol. The van der Waals surface area contributed by atoms with Crippen LogP contribution in [0.5, 0.6) is 0 Å². The topological polar surface area (TPSA) is 96.5 Å². The summed E-state index contributed by atoms with van der Waals surface area (Å²) >= 11 is 4.90. The van der Waals surface area contributed by atoms with Gasteiger partial charge in [-0.25, -0.2) is 0 Å². The van der Waals surface area contributed by atoms with Crippen LogP contribution >= 0.6 is 12.2 Å². The first-order valence-electron chi connectivity index (χ1n) is 9.09. The number of esters is 1. The van der Waals surface area contributed by atoms with E-state index in [1.54, 1.807) is 0 Å². The molecule has 0 spiro atoms. The third kappa shape index (κ3) is 11.7. The van der Waals surface area contributed by atoms with Crippen LogP contribution in [0.4, 0.5) is 0 Å². The molecule has 0 saturated heterocycles. The Labute approximate surface area is 165 Å². The molecule has 1 rings (SSSR count). The number of carbonyl (C=O) groups excluding carboxylic acids is 3. The first-order chi connectivity index (χ1) is 13.0. The van der Waals surface area contributed by atoms with E-state index >= 15 is 0 Å². The summed E-state index contributed by atoms with van der Waals surface area (Å²) in [7, 11) is 0. The molecule has 2 amide bonds. The van der Waals surface area contributed by atoms with E-state index in [0.717, 1.165) is 19.3 Å². The van der Waals surface area contributed by atoms with Crippen molar-refractivity contribution >= 4 is 35.1 Å². The van der Waals surface area contributed by atoms with Gasteiger partial charge in [0.2, 0.25) is 11.8 Å². The second kappa shape index (κ2) is 13.7. The van der Waals surface area contributed by atoms with E-state index in [2.05, 4.69) is 16.2 Å². The number of hydrogen-bond acceptors (Lipinski definition) is 5. The number of rotatable bonds is 10. The van der Waals surface area contributed by atoms with Crippen molar-refractivity contribution < 1.29 is 19.1 Å². The Hall–Kier alpha value is -2.48. The predicted molar refractivity (Wildman–Crippen MR) is 107 cm³/mol. The lowest BCUT2D eigenvalue weighted by atomic mass is 10.1. The van der Waals surface area contributed by atoms with Crippen LogP contribution in [0.25, 0.3) is 0 Å². The van der Waals surface area contributed by atoms with E-state index in [4.69, 9.17) is 17.0 Å². The van der Waals surface area contributed by atoms with Crippen LogP contribution in [0.1, 0.15) is 51.0 Å². The molecule has 0 aromatic heterocycles. The molecule has 0 bridgehead atoms. The molecule has 0 unspecified atom stereocenters. The Balaban J connectivity index is 2.05. The zero-order valence-corrected chi connectivity index (χ0v) is 16.4. The number of carbonyl (C=O) groups is 3. The Bertz CT molecular complexity index is 623. The molecule has 1 aromatic rings. The first kappa shape index (κ1) is 22.6. The highest BCUT2D eigenvalue weighted by Crippen LogP contribution is 2.03. The van der Waals surface area contributed by atoms with E-state index in [1.165, 1.54) is 5.56 Å². The summed E-state index contributed by atoms with van der Waals surface area (Å²) < 4.78 is 5.16. The third-order valence-corrected chi connectivity index (χ3v) is 3.75. The summed E-state index contributed by atoms with van der Waals surface area (Å²) in [5.41, 5.74) is 6.05. The molecule has 27 heavy (non-hydrogen) atoms. The molecule has 3 N–H and O–H groups in total. The standard InChI is InChI=1S/C19H27N3O4S/c1-2-8-17(24)21-22-19(27)20-16(23)12-6-13-18(25)26-14-7-11-15-9-4-3-5-10-15/h3-5,9-10H,2,6-8,11-14H2,1H3,(H,21,24)(H2,20,22,23,27). The number of hydrazine groups is 1. The molecule has 0 atom stereocenters. The number of benzene rings is 1. The third-order valence-electron chi connectivity index (χ3n) is 3.55. The largest absolute Gasteiger partial charge is 0.466 e. The second-order valence-electron chi connectivity index (χ2n) is 5.96. The van der Waals surface area contributed by atoms with Gasteiger partial charge >= 0.3 is 5.97 Å². The number of thiocarbonyl (C=S) groups is 1. The molecule has 0 aliphatic rings. The fourth-order valence-corrected chi connectivity index (χ4v) is 2.37. The second-order valence-corrected chi connectivity index (χ2v) is 6.37. The van der Waals surface area contributed by atoms with E-state index in [0.29, 0.717) is 19.4 Å². The van der Waals surface area contributed by atoms with Gasteiger partial charge in [-0.15, -0.1) is 0 Å². The molecule has 0 aliphatic heterocycles. The molecule has 0 fully saturated rings. The highest BCUT2D eigenvalue weighted by Gasteiger charge is 2.08. The zero-order valence-electron chi connectivity index (χ0n) is 15.6. The van der Waals surface area contributed by atoms with Crippen molar-refractivity contribution in [1.29, 1.82) is 0 Å². The maximum atomic E-state index is 11.7. The number of hydrogen-bond donors (Lipinski definition) is 3. The van der Waals surface area contributed by atoms with Crippen LogP contribution < -0.4 is 16.2 Å². The van der Waals surface area contributed by atoms with Gasteiger partial charge in [-0.1, -0.05) is 37.3 Å². The fraction of sp³-hybridized carbons (Fsp3) is 0.474. The van der Waals surface area contributed by atoms with E-state index in [-0.39, 0.29) is 35.7 Å². The van der Waals surface area contributed by atoms with Crippen molar-refractivity contribution in [3.8, 4) is 0 Å². The lowest BCUT2D eigenvalue weighted by Crippen LogP contribution is -2.48. The quantitative estimate of drug-likeness (QED) is 0.244. The van der Waals surface area contributed by atoms with Crippen molar-refractivity contribution in [3.63, 3.8) is 0 Å². The van der Waals surface area contributed by atoms with Crippen molar-refractivity contribution in [3.05, 3.63) is 35.9 Å². The maximum absolute atomic E-state index is 11.7. The van der Waals surface area contributed by atoms with E-state index in [9.17, 15) is 14.4 Å². The molecule has 148 valence electrons. The Morgan fingerprint density at radius 2 is 1.70 bits per heavy atom. The lowest BCUT2D eigenvalue weighted by Gasteiger charge is -2.10. The van der Waals surface area contributed by atoms with Gasteiger partial charge in [0.25, 0.3) is 0 Å². The molecule has 0 radical (unpaired) electrons. The van der Waals surface area contributed by atoms with Crippen LogP contribution in [0.3, 0.4) is 0 Å². The Kier molecular flexibility index (Phi) is 11.4. The number of ether oxygens (including phenoxy) is 1. The fourth-order valence-electron chi connectivity index (χ4n) is 2.21. The van der Waals surface area contributed by atoms with Gasteiger partial charge < -0.3 is 10.1 Å². The number of amides is 2. The van der Waals surface area contributed by atoms with Crippen molar-refractivity contribution in [1.82, 2.24) is 16.2 Å². The zero-order chi connectivity index (χ0) is 19.9. The van der Waals surface area contributed by atoms with Gasteiger partial charge in [-0.05, 0) is 43.5 Å². The smallest absolute Gasteiger partial charge is 0.305 e. The summed E-state index contributed by atoms with van der Waals surface area (Å²) in [4.78, 5) is 34.6. The van der Waals surface area contributed by atoms with Crippen molar-refractivity contribution in [2.45, 2.75) is 51.9 Å². The molecular formula is C19H27N3O4S. The highest BCUT2D eigenvalue weighted by atomic mass is 32.1. The summed E-state index contributed by atoms with van der Waals surface area (Å²) in [6, 6.07) is 9.99. The molecular weight excluding hydrogens is 366 g/mol. The minimum absolute atomic E-state index is 0.0212. The van der Waals surface area contributed by atoms with Crippen LogP contribution in [0.2, 0.25) is 0 Å². The van der Waals surface area contributed by atoms with Crippen molar-refractivity contribution in [2.75, 3.05) is 6.61 Å². The maximum Gasteiger partial charge on any atom is 0.305 e. The normalized spacial score (nSPS) is 9.96. The van der Waals surface area contributed by atoms with Crippen LogP contribution in [-0.2, 0) is 25.5 Å². The number of aryl methyl sites for hydroxylation is 1. The Morgan fingerprint density at radius 1 is 0.963 bits per heavy atom.